The summed E-state index contributed by atoms with van der Waals surface area (Å²) in [5, 5.41) is 15.0. The minimum absolute atomic E-state index is 0.496. The smallest absolute Gasteiger partial charge is 0.126 e. The van der Waals surface area contributed by atoms with Crippen molar-refractivity contribution in [2.45, 2.75) is 6.54 Å². The lowest BCUT2D eigenvalue weighted by atomic mass is 10.1. The van der Waals surface area contributed by atoms with Crippen LogP contribution < -0.4 is 10.6 Å². The number of anilines is 2. The molecule has 0 bridgehead atoms. The third-order valence-electron chi connectivity index (χ3n) is 4.00. The van der Waals surface area contributed by atoms with Gasteiger partial charge in [-0.1, -0.05) is 12.1 Å². The zero-order chi connectivity index (χ0) is 16.5. The molecule has 3 aromatic heterocycles. The van der Waals surface area contributed by atoms with Gasteiger partial charge in [0.15, 0.2) is 0 Å². The Morgan fingerprint density at radius 3 is 2.62 bits per heavy atom. The lowest BCUT2D eigenvalue weighted by Gasteiger charge is -2.21. The maximum atomic E-state index is 6.03. The van der Waals surface area contributed by atoms with Crippen LogP contribution in [-0.2, 0) is 6.54 Å². The van der Waals surface area contributed by atoms with E-state index in [4.69, 9.17) is 5.73 Å². The van der Waals surface area contributed by atoms with Crippen LogP contribution in [0.3, 0.4) is 0 Å². The Morgan fingerprint density at radius 1 is 1.04 bits per heavy atom. The Hall–Kier alpha value is -3.35. The summed E-state index contributed by atoms with van der Waals surface area (Å²) < 4.78 is 0. The molecule has 7 heteroatoms. The van der Waals surface area contributed by atoms with Gasteiger partial charge in [-0.3, -0.25) is 10.2 Å². The van der Waals surface area contributed by atoms with Crippen molar-refractivity contribution in [3.63, 3.8) is 0 Å². The van der Waals surface area contributed by atoms with Crippen molar-refractivity contribution in [2.24, 2.45) is 0 Å². The van der Waals surface area contributed by atoms with E-state index in [-0.39, 0.29) is 0 Å². The summed E-state index contributed by atoms with van der Waals surface area (Å²) in [6, 6.07) is 11.9. The van der Waals surface area contributed by atoms with Crippen LogP contribution in [0.5, 0.6) is 0 Å². The van der Waals surface area contributed by atoms with Crippen LogP contribution in [-0.4, -0.2) is 32.4 Å². The van der Waals surface area contributed by atoms with Gasteiger partial charge < -0.3 is 10.6 Å². The minimum Gasteiger partial charge on any atom is -0.384 e. The molecule has 0 saturated carbocycles. The summed E-state index contributed by atoms with van der Waals surface area (Å²) >= 11 is 0. The zero-order valence-electron chi connectivity index (χ0n) is 13.2. The second-order valence-electron chi connectivity index (χ2n) is 5.71. The number of hydrogen-bond acceptors (Lipinski definition) is 5. The molecular weight excluding hydrogens is 302 g/mol. The molecule has 0 radical (unpaired) electrons. The third-order valence-corrected chi connectivity index (χ3v) is 4.00. The fourth-order valence-electron chi connectivity index (χ4n) is 2.84. The highest BCUT2D eigenvalue weighted by Crippen LogP contribution is 2.30. The molecule has 24 heavy (non-hydrogen) atoms. The first-order valence-corrected chi connectivity index (χ1v) is 7.60. The monoisotopic (exact) mass is 319 g/mol. The highest BCUT2D eigenvalue weighted by Gasteiger charge is 2.11. The number of H-pyrrole nitrogens is 2. The van der Waals surface area contributed by atoms with E-state index >= 15 is 0 Å². The lowest BCUT2D eigenvalue weighted by molar-refractivity contribution is 0.872. The Kier molecular flexibility index (Phi) is 3.38. The molecule has 0 spiro atoms. The first-order chi connectivity index (χ1) is 11.7. The molecule has 0 amide bonds. The van der Waals surface area contributed by atoms with E-state index in [1.165, 1.54) is 0 Å². The van der Waals surface area contributed by atoms with Crippen LogP contribution in [0.25, 0.3) is 22.2 Å². The number of benzene rings is 1. The van der Waals surface area contributed by atoms with Crippen molar-refractivity contribution in [1.82, 2.24) is 25.4 Å². The van der Waals surface area contributed by atoms with Gasteiger partial charge in [0, 0.05) is 42.1 Å². The number of nitrogens with zero attached hydrogens (tertiary/aromatic N) is 4. The lowest BCUT2D eigenvalue weighted by Crippen LogP contribution is -2.17. The summed E-state index contributed by atoms with van der Waals surface area (Å²) in [7, 11) is 2.03. The molecule has 0 aliphatic heterocycles. The van der Waals surface area contributed by atoms with Crippen molar-refractivity contribution in [3.05, 3.63) is 54.5 Å². The number of hydrogen-bond donors (Lipinski definition) is 3. The maximum absolute atomic E-state index is 6.03. The standard InChI is InChI=1S/C17H17N7/c1-24(10-12-4-6-19-22-12)16-9-17(18)21-15-8-11(2-3-13(15)16)14-5-7-20-23-14/h2-9H,10H2,1H3,(H2,18,21)(H,19,22)(H,20,23). The fraction of sp³-hybridized carbons (Fsp3) is 0.118. The number of nitrogens with one attached hydrogen (secondary N) is 2. The van der Waals surface area contributed by atoms with E-state index in [9.17, 15) is 0 Å². The summed E-state index contributed by atoms with van der Waals surface area (Å²) in [4.78, 5) is 6.61. The first kappa shape index (κ1) is 14.3. The van der Waals surface area contributed by atoms with Crippen molar-refractivity contribution in [3.8, 4) is 11.3 Å². The second-order valence-corrected chi connectivity index (χ2v) is 5.71. The zero-order valence-corrected chi connectivity index (χ0v) is 13.2. The van der Waals surface area contributed by atoms with Gasteiger partial charge in [-0.2, -0.15) is 10.2 Å². The number of aromatic nitrogens is 5. The van der Waals surface area contributed by atoms with Gasteiger partial charge in [-0.15, -0.1) is 0 Å². The van der Waals surface area contributed by atoms with Crippen LogP contribution in [0.1, 0.15) is 5.69 Å². The van der Waals surface area contributed by atoms with Gasteiger partial charge in [-0.05, 0) is 18.2 Å². The molecule has 7 nitrogen and oxygen atoms in total. The molecular formula is C17H17N7. The Bertz CT molecular complexity index is 958. The van der Waals surface area contributed by atoms with E-state index in [2.05, 4.69) is 42.4 Å². The normalized spacial score (nSPS) is 11.0. The van der Waals surface area contributed by atoms with Crippen LogP contribution in [0.15, 0.2) is 48.8 Å². The van der Waals surface area contributed by atoms with E-state index in [1.54, 1.807) is 12.4 Å². The molecule has 0 atom stereocenters. The number of nitrogen functional groups attached to an aromatic ring is 1. The molecule has 0 aliphatic carbocycles. The number of pyridine rings is 1. The van der Waals surface area contributed by atoms with Crippen LogP contribution in [0, 0.1) is 0 Å². The van der Waals surface area contributed by atoms with Crippen molar-refractivity contribution >= 4 is 22.4 Å². The quantitative estimate of drug-likeness (QED) is 0.537. The van der Waals surface area contributed by atoms with Crippen molar-refractivity contribution < 1.29 is 0 Å². The second kappa shape index (κ2) is 5.69. The molecule has 1 aromatic carbocycles. The van der Waals surface area contributed by atoms with Crippen molar-refractivity contribution in [1.29, 1.82) is 0 Å². The molecule has 0 unspecified atom stereocenters. The highest BCUT2D eigenvalue weighted by molar-refractivity contribution is 5.95. The third kappa shape index (κ3) is 2.56. The fourth-order valence-corrected chi connectivity index (χ4v) is 2.84. The molecule has 0 aliphatic rings. The van der Waals surface area contributed by atoms with Gasteiger partial charge in [0.05, 0.1) is 23.4 Å². The Morgan fingerprint density at radius 2 is 1.88 bits per heavy atom. The van der Waals surface area contributed by atoms with Crippen LogP contribution in [0.4, 0.5) is 11.5 Å². The van der Waals surface area contributed by atoms with Gasteiger partial charge in [0.25, 0.3) is 0 Å². The van der Waals surface area contributed by atoms with E-state index in [0.717, 1.165) is 33.5 Å². The van der Waals surface area contributed by atoms with Gasteiger partial charge in [0.1, 0.15) is 5.82 Å². The molecule has 3 heterocycles. The molecule has 4 aromatic rings. The SMILES string of the molecule is CN(Cc1ccn[nH]1)c1cc(N)nc2cc(-c3ccn[nH]3)ccc12. The summed E-state index contributed by atoms with van der Waals surface area (Å²) in [6.45, 7) is 0.709. The van der Waals surface area contributed by atoms with E-state index in [1.807, 2.05) is 31.3 Å². The number of fused-ring (bicyclic) bond motifs is 1. The molecule has 4 N–H and O–H groups in total. The van der Waals surface area contributed by atoms with E-state index < -0.39 is 0 Å². The molecule has 4 rings (SSSR count). The number of aromatic amines is 2. The topological polar surface area (TPSA) is 99.5 Å². The molecule has 0 fully saturated rings. The summed E-state index contributed by atoms with van der Waals surface area (Å²) in [5.74, 6) is 0.496. The van der Waals surface area contributed by atoms with E-state index in [0.29, 0.717) is 12.4 Å². The average molecular weight is 319 g/mol. The Labute approximate surface area is 138 Å². The van der Waals surface area contributed by atoms with Gasteiger partial charge in [-0.25, -0.2) is 4.98 Å². The summed E-state index contributed by atoms with van der Waals surface area (Å²) in [5.41, 5.74) is 10.9. The molecule has 120 valence electrons. The average Bonchev–Trinajstić information content (AvgIpc) is 3.27. The van der Waals surface area contributed by atoms with Crippen LogP contribution >= 0.6 is 0 Å². The van der Waals surface area contributed by atoms with Gasteiger partial charge in [0.2, 0.25) is 0 Å². The van der Waals surface area contributed by atoms with Gasteiger partial charge >= 0.3 is 0 Å². The highest BCUT2D eigenvalue weighted by atomic mass is 15.2. The predicted octanol–water partition coefficient (Wildman–Crippen LogP) is 2.57. The number of nitrogens with two attached hydrogens (primary N) is 1. The Balaban J connectivity index is 1.78. The van der Waals surface area contributed by atoms with Crippen molar-refractivity contribution in [2.75, 3.05) is 17.7 Å². The number of rotatable bonds is 4. The largest absolute Gasteiger partial charge is 0.384 e. The molecule has 0 saturated heterocycles. The minimum atomic E-state index is 0.496. The van der Waals surface area contributed by atoms with Crippen LogP contribution in [0.2, 0.25) is 0 Å². The summed E-state index contributed by atoms with van der Waals surface area (Å²) in [6.07, 6.45) is 3.48. The predicted molar refractivity (Wildman–Crippen MR) is 94.4 cm³/mol. The maximum Gasteiger partial charge on any atom is 0.126 e. The first-order valence-electron chi connectivity index (χ1n) is 7.60.